The van der Waals surface area contributed by atoms with Crippen molar-refractivity contribution in [1.29, 1.82) is 0 Å². The van der Waals surface area contributed by atoms with Gasteiger partial charge in [-0.05, 0) is 19.3 Å². The molecule has 2 atom stereocenters. The summed E-state index contributed by atoms with van der Waals surface area (Å²) < 4.78 is 5.55. The molecule has 1 amide bonds. The number of carboxylic acid groups (broad SMARTS) is 1. The molecule has 1 aliphatic rings. The molecule has 2 N–H and O–H groups in total. The van der Waals surface area contributed by atoms with Gasteiger partial charge in [0.25, 0.3) is 0 Å². The Bertz CT molecular complexity index is 259. The number of carbonyl (C=O) groups excluding carboxylic acids is 1. The van der Waals surface area contributed by atoms with Crippen LogP contribution in [0.1, 0.15) is 32.1 Å². The molecule has 1 heterocycles. The average molecular weight is 227 g/mol. The third kappa shape index (κ3) is 5.16. The van der Waals surface area contributed by atoms with Gasteiger partial charge in [-0.25, -0.2) is 0 Å². The van der Waals surface area contributed by atoms with Crippen LogP contribution in [0.5, 0.6) is 0 Å². The molecule has 0 radical (unpaired) electrons. The lowest BCUT2D eigenvalue weighted by atomic mass is 9.97. The number of hydrogen-bond acceptors (Lipinski definition) is 3. The standard InChI is InChI=1S/C10H18BNO4/c11-8-5-4-7(16-8)6-12-9(13)2-1-3-10(14)15/h7-8H,1-6,11H2,(H,12,13)(H,14,15)/t7-,8+/m0/s1. The summed E-state index contributed by atoms with van der Waals surface area (Å²) >= 11 is 0. The molecule has 1 fully saturated rings. The van der Waals surface area contributed by atoms with Crippen molar-refractivity contribution in [1.82, 2.24) is 5.32 Å². The maximum absolute atomic E-state index is 11.3. The molecule has 0 unspecified atom stereocenters. The largest absolute Gasteiger partial charge is 0.481 e. The van der Waals surface area contributed by atoms with Crippen molar-refractivity contribution in [3.63, 3.8) is 0 Å². The zero-order valence-corrected chi connectivity index (χ0v) is 9.57. The van der Waals surface area contributed by atoms with Crippen LogP contribution in [-0.4, -0.2) is 43.5 Å². The van der Waals surface area contributed by atoms with E-state index in [1.165, 1.54) is 0 Å². The average Bonchev–Trinajstić information content (AvgIpc) is 2.61. The predicted molar refractivity (Wildman–Crippen MR) is 60.9 cm³/mol. The smallest absolute Gasteiger partial charge is 0.303 e. The second-order valence-electron chi connectivity index (χ2n) is 4.20. The van der Waals surface area contributed by atoms with E-state index in [2.05, 4.69) is 5.32 Å². The van der Waals surface area contributed by atoms with Gasteiger partial charge in [0.1, 0.15) is 7.85 Å². The van der Waals surface area contributed by atoms with Crippen molar-refractivity contribution in [2.24, 2.45) is 0 Å². The third-order valence-corrected chi connectivity index (χ3v) is 2.64. The van der Waals surface area contributed by atoms with E-state index in [0.29, 0.717) is 13.0 Å². The lowest BCUT2D eigenvalue weighted by Crippen LogP contribution is -2.32. The topological polar surface area (TPSA) is 75.6 Å². The van der Waals surface area contributed by atoms with E-state index in [1.807, 2.05) is 7.85 Å². The lowest BCUT2D eigenvalue weighted by Gasteiger charge is -2.12. The van der Waals surface area contributed by atoms with E-state index >= 15 is 0 Å². The summed E-state index contributed by atoms with van der Waals surface area (Å²) in [5, 5.41) is 11.2. The number of hydrogen-bond donors (Lipinski definition) is 2. The second kappa shape index (κ2) is 6.53. The van der Waals surface area contributed by atoms with Gasteiger partial charge in [0, 0.05) is 25.4 Å². The Balaban J connectivity index is 2.04. The van der Waals surface area contributed by atoms with Crippen molar-refractivity contribution in [3.05, 3.63) is 0 Å². The highest BCUT2D eigenvalue weighted by atomic mass is 16.5. The number of aliphatic carboxylic acids is 1. The van der Waals surface area contributed by atoms with E-state index in [9.17, 15) is 9.59 Å². The number of carboxylic acids is 1. The number of carbonyl (C=O) groups is 2. The molecule has 0 saturated carbocycles. The fourth-order valence-corrected chi connectivity index (χ4v) is 1.75. The maximum Gasteiger partial charge on any atom is 0.303 e. The van der Waals surface area contributed by atoms with Crippen molar-refractivity contribution in [3.8, 4) is 0 Å². The van der Waals surface area contributed by atoms with Crippen LogP contribution in [0, 0.1) is 0 Å². The van der Waals surface area contributed by atoms with Gasteiger partial charge < -0.3 is 15.2 Å². The van der Waals surface area contributed by atoms with Crippen LogP contribution in [0.2, 0.25) is 0 Å². The first-order chi connectivity index (χ1) is 7.58. The van der Waals surface area contributed by atoms with Crippen LogP contribution in [0.3, 0.4) is 0 Å². The molecule has 1 rings (SSSR count). The minimum atomic E-state index is -0.860. The van der Waals surface area contributed by atoms with Crippen LogP contribution >= 0.6 is 0 Å². The van der Waals surface area contributed by atoms with Crippen LogP contribution in [0.4, 0.5) is 0 Å². The summed E-state index contributed by atoms with van der Waals surface area (Å²) in [6, 6.07) is 0.286. The Morgan fingerprint density at radius 2 is 2.12 bits per heavy atom. The highest BCUT2D eigenvalue weighted by Gasteiger charge is 2.21. The minimum absolute atomic E-state index is 0.0460. The molecule has 0 aromatic rings. The molecule has 0 aromatic heterocycles. The van der Waals surface area contributed by atoms with Crippen molar-refractivity contribution >= 4 is 19.7 Å². The minimum Gasteiger partial charge on any atom is -0.481 e. The van der Waals surface area contributed by atoms with Crippen molar-refractivity contribution < 1.29 is 19.4 Å². The van der Waals surface area contributed by atoms with Crippen molar-refractivity contribution in [2.75, 3.05) is 6.54 Å². The third-order valence-electron chi connectivity index (χ3n) is 2.64. The Kier molecular flexibility index (Phi) is 5.32. The normalized spacial score (nSPS) is 24.2. The first kappa shape index (κ1) is 13.0. The molecule has 90 valence electrons. The molecule has 0 spiro atoms. The van der Waals surface area contributed by atoms with E-state index < -0.39 is 5.97 Å². The molecule has 0 aliphatic carbocycles. The highest BCUT2D eigenvalue weighted by Crippen LogP contribution is 2.16. The van der Waals surface area contributed by atoms with Gasteiger partial charge in [-0.2, -0.15) is 0 Å². The van der Waals surface area contributed by atoms with E-state index in [-0.39, 0.29) is 30.9 Å². The van der Waals surface area contributed by atoms with Gasteiger partial charge in [-0.15, -0.1) is 0 Å². The summed E-state index contributed by atoms with van der Waals surface area (Å²) in [5.74, 6) is -0.954. The summed E-state index contributed by atoms with van der Waals surface area (Å²) in [7, 11) is 2.02. The Hall–Kier alpha value is -1.04. The zero-order chi connectivity index (χ0) is 12.0. The van der Waals surface area contributed by atoms with E-state index in [1.54, 1.807) is 0 Å². The van der Waals surface area contributed by atoms with Crippen LogP contribution in [0.25, 0.3) is 0 Å². The summed E-state index contributed by atoms with van der Waals surface area (Å²) in [6.45, 7) is 0.538. The predicted octanol–water partition coefficient (Wildman–Crippen LogP) is -0.504. The van der Waals surface area contributed by atoms with Gasteiger partial charge >= 0.3 is 5.97 Å². The quantitative estimate of drug-likeness (QED) is 0.599. The van der Waals surface area contributed by atoms with Gasteiger partial charge in [0.15, 0.2) is 0 Å². The van der Waals surface area contributed by atoms with Crippen molar-refractivity contribution in [2.45, 2.75) is 44.2 Å². The summed E-state index contributed by atoms with van der Waals surface area (Å²) in [4.78, 5) is 21.5. The van der Waals surface area contributed by atoms with Crippen LogP contribution in [0.15, 0.2) is 0 Å². The maximum atomic E-state index is 11.3. The van der Waals surface area contributed by atoms with Crippen LogP contribution < -0.4 is 5.32 Å². The molecule has 6 heteroatoms. The van der Waals surface area contributed by atoms with Gasteiger partial charge in [-0.3, -0.25) is 9.59 Å². The van der Waals surface area contributed by atoms with E-state index in [0.717, 1.165) is 12.8 Å². The lowest BCUT2D eigenvalue weighted by molar-refractivity contribution is -0.137. The molecule has 0 aromatic carbocycles. The Morgan fingerprint density at radius 3 is 2.69 bits per heavy atom. The molecular weight excluding hydrogens is 209 g/mol. The van der Waals surface area contributed by atoms with Gasteiger partial charge in [0.05, 0.1) is 6.10 Å². The number of ether oxygens (including phenoxy) is 1. The molecule has 1 saturated heterocycles. The second-order valence-corrected chi connectivity index (χ2v) is 4.20. The molecule has 0 bridgehead atoms. The molecule has 16 heavy (non-hydrogen) atoms. The monoisotopic (exact) mass is 227 g/mol. The number of nitrogens with one attached hydrogen (secondary N) is 1. The SMILES string of the molecule is B[C@H]1CC[C@@H](CNC(=O)CCCC(=O)O)O1. The van der Waals surface area contributed by atoms with Gasteiger partial charge in [-0.1, -0.05) is 0 Å². The Morgan fingerprint density at radius 1 is 1.38 bits per heavy atom. The summed E-state index contributed by atoms with van der Waals surface area (Å²) in [5.41, 5.74) is 0. The first-order valence-corrected chi connectivity index (χ1v) is 5.72. The van der Waals surface area contributed by atoms with Gasteiger partial charge in [0.2, 0.25) is 5.91 Å². The molecule has 5 nitrogen and oxygen atoms in total. The number of rotatable bonds is 6. The van der Waals surface area contributed by atoms with Crippen LogP contribution in [-0.2, 0) is 14.3 Å². The summed E-state index contributed by atoms with van der Waals surface area (Å²) in [6.07, 6.45) is 2.86. The zero-order valence-electron chi connectivity index (χ0n) is 9.57. The Labute approximate surface area is 96.0 Å². The fourth-order valence-electron chi connectivity index (χ4n) is 1.75. The molecular formula is C10H18BNO4. The molecule has 1 aliphatic heterocycles. The highest BCUT2D eigenvalue weighted by molar-refractivity contribution is 6.11. The fraction of sp³-hybridized carbons (Fsp3) is 0.800. The van der Waals surface area contributed by atoms with E-state index in [4.69, 9.17) is 9.84 Å². The number of amides is 1. The first-order valence-electron chi connectivity index (χ1n) is 5.72.